The molecular weight excluding hydrogens is 1340 g/mol. The lowest BCUT2D eigenvalue weighted by atomic mass is 10.0. The molecule has 26 heteroatoms. The summed E-state index contributed by atoms with van der Waals surface area (Å²) in [5.74, 6) is -41.7. The predicted molar refractivity (Wildman–Crippen MR) is 332 cm³/mol. The Morgan fingerprint density at radius 3 is 0.810 bits per heavy atom. The molecule has 0 atom stereocenters. The number of nitrogens with one attached hydrogen (secondary N) is 4. The average Bonchev–Trinajstić information content (AvgIpc) is 1.51. The van der Waals surface area contributed by atoms with Gasteiger partial charge in [0.05, 0.1) is 44.9 Å². The fourth-order valence-corrected chi connectivity index (χ4v) is 11.9. The van der Waals surface area contributed by atoms with Crippen LogP contribution in [0, 0.1) is 93.1 Å². The Kier molecular flexibility index (Phi) is 16.0. The number of hydrogen-bond acceptors (Lipinski definition) is 6. The van der Waals surface area contributed by atoms with Crippen molar-refractivity contribution in [1.29, 1.82) is 0 Å². The van der Waals surface area contributed by atoms with E-state index in [0.29, 0.717) is 11.1 Å². The van der Waals surface area contributed by atoms with E-state index in [2.05, 4.69) is 19.9 Å². The summed E-state index contributed by atoms with van der Waals surface area (Å²) >= 11 is 0. The molecule has 4 N–H and O–H groups in total. The number of aromatic amines is 4. The Labute approximate surface area is 551 Å². The van der Waals surface area contributed by atoms with Crippen molar-refractivity contribution in [3.63, 3.8) is 0 Å². The van der Waals surface area contributed by atoms with Gasteiger partial charge in [-0.2, -0.15) is 35.1 Å². The number of H-pyrrole nitrogens is 4. The first kappa shape index (κ1) is 63.8. The SMILES string of the molecule is Fc1c(F)c2c(F)c(F)c1C/C=C\Cc1c(F)c(F)c(c(F)c1F)OC1=c3ccc([nH]3)=C(c3ccccc3)C3=NC(=C4Oc5c(F)c(F)c(c(F)c5F)C/C=C\Cc5c(F)c(F)c(c(F)c5F)OC(=c5ccc([nH]5)=C(c5ccccc5)C5=NC(=C(O2)c2ccc1[nH]2)C=C5)c1ccc4[nH]1)C=C3. The molecule has 11 aliphatic heterocycles. The molecule has 0 aliphatic carbocycles. The van der Waals surface area contributed by atoms with Crippen LogP contribution in [0.15, 0.2) is 179 Å². The van der Waals surface area contributed by atoms with Gasteiger partial charge < -0.3 is 38.9 Å². The maximum atomic E-state index is 16.6. The van der Waals surface area contributed by atoms with Gasteiger partial charge in [-0.3, -0.25) is 0 Å². The maximum Gasteiger partial charge on any atom is 0.205 e. The number of rotatable bonds is 2. The molecule has 6 aromatic carbocycles. The lowest BCUT2D eigenvalue weighted by Crippen LogP contribution is -2.21. The molecule has 21 rings (SSSR count). The van der Waals surface area contributed by atoms with E-state index in [9.17, 15) is 0 Å². The number of hydrogen-bond donors (Lipinski definition) is 4. The van der Waals surface area contributed by atoms with Crippen LogP contribution in [0.3, 0.4) is 0 Å². The van der Waals surface area contributed by atoms with Gasteiger partial charge in [-0.05, 0) is 110 Å². The summed E-state index contributed by atoms with van der Waals surface area (Å²) in [6.45, 7) is 0. The quantitative estimate of drug-likeness (QED) is 0.0782. The van der Waals surface area contributed by atoms with E-state index in [-0.39, 0.29) is 66.7 Å². The first-order chi connectivity index (χ1) is 48.2. The highest BCUT2D eigenvalue weighted by molar-refractivity contribution is 6.31. The third-order valence-corrected chi connectivity index (χ3v) is 16.8. The molecular formula is C74H38F16N6O4. The molecule has 0 saturated carbocycles. The van der Waals surface area contributed by atoms with Gasteiger partial charge in [-0.25, -0.2) is 45.1 Å². The first-order valence-electron chi connectivity index (χ1n) is 30.1. The highest BCUT2D eigenvalue weighted by atomic mass is 19.2. The molecule has 0 spiro atoms. The van der Waals surface area contributed by atoms with Crippen molar-refractivity contribution in [2.24, 2.45) is 9.98 Å². The Hall–Kier alpha value is -12.2. The number of nitrogens with zero attached hydrogens (tertiary/aromatic N) is 2. The minimum Gasteiger partial charge on any atom is -0.447 e. The summed E-state index contributed by atoms with van der Waals surface area (Å²) < 4.78 is 286. The third kappa shape index (κ3) is 10.7. The monoisotopic (exact) mass is 1380 g/mol. The first-order valence-corrected chi connectivity index (χ1v) is 30.1. The van der Waals surface area contributed by atoms with Gasteiger partial charge in [0.1, 0.15) is 11.4 Å². The zero-order valence-electron chi connectivity index (χ0n) is 50.4. The van der Waals surface area contributed by atoms with E-state index in [1.54, 1.807) is 60.7 Å². The summed E-state index contributed by atoms with van der Waals surface area (Å²) in [5, 5.41) is -0.518. The summed E-state index contributed by atoms with van der Waals surface area (Å²) in [6, 6.07) is 25.8. The van der Waals surface area contributed by atoms with Crippen molar-refractivity contribution < 1.29 is 89.2 Å². The van der Waals surface area contributed by atoms with Crippen LogP contribution in [0.5, 0.6) is 23.0 Å². The van der Waals surface area contributed by atoms with E-state index in [1.807, 2.05) is 0 Å². The second kappa shape index (κ2) is 25.0. The van der Waals surface area contributed by atoms with E-state index >= 15 is 70.2 Å². The van der Waals surface area contributed by atoms with Crippen molar-refractivity contribution >= 4 is 45.6 Å². The van der Waals surface area contributed by atoms with Crippen molar-refractivity contribution in [1.82, 2.24) is 19.9 Å². The number of allylic oxidation sites excluding steroid dienone is 8. The minimum atomic E-state index is -2.07. The Morgan fingerprint density at radius 1 is 0.260 bits per heavy atom. The molecule has 0 fully saturated rings. The fraction of sp³-hybridized carbons (Fsp3) is 0.0541. The number of fused-ring (bicyclic) bond motifs is 6. The maximum absolute atomic E-state index is 16.6. The van der Waals surface area contributed by atoms with Crippen LogP contribution in [0.2, 0.25) is 0 Å². The molecule has 11 aliphatic rings. The van der Waals surface area contributed by atoms with Gasteiger partial charge in [0.2, 0.25) is 69.5 Å². The zero-order chi connectivity index (χ0) is 69.7. The van der Waals surface area contributed by atoms with Crippen LogP contribution in [0.1, 0.15) is 56.2 Å². The Balaban J connectivity index is 1.08. The lowest BCUT2D eigenvalue weighted by molar-refractivity contribution is 0.370. The lowest BCUT2D eigenvalue weighted by Gasteiger charge is -2.15. The number of aromatic nitrogens is 4. The molecule has 0 radical (unpaired) electrons. The number of halogens is 16. The summed E-state index contributed by atoms with van der Waals surface area (Å²) in [7, 11) is 0. The van der Waals surface area contributed by atoms with Crippen LogP contribution in [-0.4, -0.2) is 31.4 Å². The zero-order valence-corrected chi connectivity index (χ0v) is 50.4. The molecule has 100 heavy (non-hydrogen) atoms. The summed E-state index contributed by atoms with van der Waals surface area (Å²) in [4.78, 5) is 21.3. The number of ether oxygens (including phenoxy) is 4. The van der Waals surface area contributed by atoms with Crippen LogP contribution in [0.25, 0.3) is 34.2 Å². The van der Waals surface area contributed by atoms with E-state index in [1.165, 1.54) is 48.6 Å². The third-order valence-electron chi connectivity index (χ3n) is 16.8. The van der Waals surface area contributed by atoms with Crippen LogP contribution >= 0.6 is 0 Å². The normalized spacial score (nSPS) is 15.8. The minimum absolute atomic E-state index is 0.0219. The van der Waals surface area contributed by atoms with Crippen molar-refractivity contribution in [3.8, 4) is 23.0 Å². The van der Waals surface area contributed by atoms with E-state index in [4.69, 9.17) is 28.9 Å². The van der Waals surface area contributed by atoms with E-state index < -0.39 is 198 Å². The predicted octanol–water partition coefficient (Wildman–Crippen LogP) is 14.6. The van der Waals surface area contributed by atoms with Crippen LogP contribution in [0.4, 0.5) is 70.2 Å². The van der Waals surface area contributed by atoms with Gasteiger partial charge in [0.25, 0.3) is 0 Å². The highest BCUT2D eigenvalue weighted by Gasteiger charge is 2.35. The largest absolute Gasteiger partial charge is 0.447 e. The molecule has 500 valence electrons. The Bertz CT molecular complexity index is 5290. The smallest absolute Gasteiger partial charge is 0.205 e. The van der Waals surface area contributed by atoms with Crippen LogP contribution < -0.4 is 40.3 Å². The molecule has 15 heterocycles. The average molecular weight is 1380 g/mol. The molecule has 10 nitrogen and oxygen atoms in total. The molecule has 0 amide bonds. The summed E-state index contributed by atoms with van der Waals surface area (Å²) in [6.07, 6.45) is 4.56. The van der Waals surface area contributed by atoms with Crippen molar-refractivity contribution in [2.45, 2.75) is 25.7 Å². The molecule has 10 aromatic rings. The second-order valence-electron chi connectivity index (χ2n) is 22.8. The highest BCUT2D eigenvalue weighted by Crippen LogP contribution is 2.41. The van der Waals surface area contributed by atoms with Gasteiger partial charge in [0, 0.05) is 44.1 Å². The van der Waals surface area contributed by atoms with Gasteiger partial charge >= 0.3 is 0 Å². The second-order valence-corrected chi connectivity index (χ2v) is 22.8. The van der Waals surface area contributed by atoms with Gasteiger partial charge in [-0.1, -0.05) is 85.0 Å². The summed E-state index contributed by atoms with van der Waals surface area (Å²) in [5.41, 5.74) is -6.54. The Morgan fingerprint density at radius 2 is 0.520 bits per heavy atom. The van der Waals surface area contributed by atoms with Gasteiger partial charge in [0.15, 0.2) is 69.6 Å². The topological polar surface area (TPSA) is 125 Å². The number of aliphatic imine (C=N–C) groups is 2. The fourth-order valence-electron chi connectivity index (χ4n) is 11.9. The molecule has 0 unspecified atom stereocenters. The van der Waals surface area contributed by atoms with Crippen molar-refractivity contribution in [3.05, 3.63) is 340 Å². The molecule has 24 bridgehead atoms. The van der Waals surface area contributed by atoms with Crippen LogP contribution in [-0.2, 0) is 25.7 Å². The van der Waals surface area contributed by atoms with Gasteiger partial charge in [-0.15, -0.1) is 0 Å². The van der Waals surface area contributed by atoms with E-state index in [0.717, 1.165) is 48.6 Å². The van der Waals surface area contributed by atoms with Crippen molar-refractivity contribution in [2.75, 3.05) is 0 Å². The molecule has 4 aromatic heterocycles. The molecule has 0 saturated heterocycles. The number of benzene rings is 6. The standard InChI is InChI=1S/C74H38F16N6O4/c75-51-33-15-7-9-17-35-55(79)63(87)73(64(88)56(35)80)99-69-43-25-21-39(93-43)50(32-13-5-2-6-14-32)40-22-26-44(94-40)70-48-30-28-46(96-48)68(98-72-61(85)53(77)34(54(78)62(72)86)16-8-10-18-36-57(81)65(89)74(100-70)66(90)58(36)82)42-24-20-38(92-42)49(31-11-3-1-4-12-31)37-19-23-41(91-37)67(45-27-29-47(69)95-45)97-71(59(51)83)60(84)52(33)76/h1-14,19-30,91,94-96H,15-18H2/b9-7-,10-8-,49-37?,49-38?,50-39?,50-40?,67-41?,67-45?,68-42?,68-46?,69-43?,69-47?,70-44?,70-48?.